The van der Waals surface area contributed by atoms with E-state index in [0.717, 1.165) is 0 Å². The van der Waals surface area contributed by atoms with Gasteiger partial charge in [0.1, 0.15) is 40.2 Å². The summed E-state index contributed by atoms with van der Waals surface area (Å²) in [5, 5.41) is 8.84. The van der Waals surface area contributed by atoms with Gasteiger partial charge in [0.25, 0.3) is 10.0 Å². The number of rotatable bonds is 9. The highest BCUT2D eigenvalue weighted by atomic mass is 32.2. The van der Waals surface area contributed by atoms with E-state index in [1.54, 1.807) is 16.9 Å². The smallest absolute Gasteiger partial charge is 0.419 e. The third-order valence-corrected chi connectivity index (χ3v) is 8.59. The van der Waals surface area contributed by atoms with Gasteiger partial charge in [-0.05, 0) is 24.3 Å². The number of fused-ring (bicyclic) bond motifs is 1. The first-order chi connectivity index (χ1) is 15.9. The van der Waals surface area contributed by atoms with E-state index in [2.05, 4.69) is 0 Å². The van der Waals surface area contributed by atoms with Crippen LogP contribution in [0.3, 0.4) is 0 Å². The number of sulfonamides is 1. The highest BCUT2D eigenvalue weighted by Gasteiger charge is 2.43. The SMILES string of the molecule is N#Cc1c(OCCN)ccc2sc(S(=O)(=O)NCP(=O)(O)Oc3ccccc3)c(C(F)(F)F)c12. The van der Waals surface area contributed by atoms with E-state index in [1.807, 2.05) is 0 Å². The second-order valence-corrected chi connectivity index (χ2v) is 11.5. The van der Waals surface area contributed by atoms with Crippen LogP contribution in [-0.4, -0.2) is 32.7 Å². The Labute approximate surface area is 196 Å². The van der Waals surface area contributed by atoms with Crippen LogP contribution in [0.5, 0.6) is 11.5 Å². The second kappa shape index (κ2) is 9.91. The average molecular weight is 535 g/mol. The number of thiophene rings is 1. The van der Waals surface area contributed by atoms with Gasteiger partial charge in [0.05, 0.1) is 5.56 Å². The lowest BCUT2D eigenvalue weighted by Gasteiger charge is -2.15. The number of halogens is 3. The molecule has 0 radical (unpaired) electrons. The summed E-state index contributed by atoms with van der Waals surface area (Å²) in [4.78, 5) is 9.97. The largest absolute Gasteiger partial charge is 0.491 e. The summed E-state index contributed by atoms with van der Waals surface area (Å²) in [6.07, 6.45) is -6.37. The molecule has 3 rings (SSSR count). The van der Waals surface area contributed by atoms with Gasteiger partial charge in [-0.15, -0.1) is 11.3 Å². The molecule has 0 saturated carbocycles. The number of nitrogens with two attached hydrogens (primary N) is 1. The summed E-state index contributed by atoms with van der Waals surface area (Å²) in [6.45, 7) is -0.0416. The quantitative estimate of drug-likeness (QED) is 0.352. The molecular formula is C19H17F3N3O6PS2. The van der Waals surface area contributed by atoms with Gasteiger partial charge in [-0.3, -0.25) is 0 Å². The fraction of sp³-hybridized carbons (Fsp3) is 0.211. The summed E-state index contributed by atoms with van der Waals surface area (Å²) < 4.78 is 90.5. The highest BCUT2D eigenvalue weighted by Crippen LogP contribution is 2.48. The van der Waals surface area contributed by atoms with E-state index in [1.165, 1.54) is 36.4 Å². The Balaban J connectivity index is 2.04. The molecule has 0 aliphatic carbocycles. The van der Waals surface area contributed by atoms with E-state index in [0.29, 0.717) is 0 Å². The molecule has 9 nitrogen and oxygen atoms in total. The number of alkyl halides is 3. The number of nitrogens with one attached hydrogen (secondary N) is 1. The van der Waals surface area contributed by atoms with Crippen molar-refractivity contribution in [3.05, 3.63) is 53.6 Å². The molecule has 0 bridgehead atoms. The van der Waals surface area contributed by atoms with Crippen molar-refractivity contribution in [3.8, 4) is 17.6 Å². The monoisotopic (exact) mass is 535 g/mol. The Morgan fingerprint density at radius 1 is 1.21 bits per heavy atom. The van der Waals surface area contributed by atoms with E-state index in [4.69, 9.17) is 15.0 Å². The summed E-state index contributed by atoms with van der Waals surface area (Å²) >= 11 is 0.260. The van der Waals surface area contributed by atoms with Crippen molar-refractivity contribution in [2.24, 2.45) is 5.73 Å². The molecule has 0 saturated heterocycles. The van der Waals surface area contributed by atoms with Crippen molar-refractivity contribution < 1.29 is 40.3 Å². The molecule has 0 aliphatic rings. The molecule has 0 fully saturated rings. The van der Waals surface area contributed by atoms with Crippen molar-refractivity contribution in [1.29, 1.82) is 5.26 Å². The number of hydrogen-bond donors (Lipinski definition) is 3. The van der Waals surface area contributed by atoms with Gasteiger partial charge < -0.3 is 19.9 Å². The van der Waals surface area contributed by atoms with Crippen LogP contribution < -0.4 is 19.7 Å². The zero-order valence-electron chi connectivity index (χ0n) is 17.1. The summed E-state index contributed by atoms with van der Waals surface area (Å²) in [7, 11) is -9.56. The molecule has 34 heavy (non-hydrogen) atoms. The number of nitriles is 1. The first-order valence-corrected chi connectivity index (χ1v) is 13.4. The average Bonchev–Trinajstić information content (AvgIpc) is 3.18. The van der Waals surface area contributed by atoms with Crippen molar-refractivity contribution in [3.63, 3.8) is 0 Å². The number of ether oxygens (including phenoxy) is 1. The predicted molar refractivity (Wildman–Crippen MR) is 118 cm³/mol. The molecule has 2 aromatic carbocycles. The third-order valence-electron chi connectivity index (χ3n) is 4.25. The van der Waals surface area contributed by atoms with Crippen molar-refractivity contribution in [2.75, 3.05) is 19.4 Å². The van der Waals surface area contributed by atoms with Crippen LogP contribution in [0, 0.1) is 11.3 Å². The first-order valence-electron chi connectivity index (χ1n) is 9.35. The first kappa shape index (κ1) is 26.0. The van der Waals surface area contributed by atoms with E-state index < -0.39 is 50.8 Å². The topological polar surface area (TPSA) is 152 Å². The Morgan fingerprint density at radius 3 is 2.47 bits per heavy atom. The molecule has 1 aromatic heterocycles. The molecule has 4 N–H and O–H groups in total. The van der Waals surface area contributed by atoms with Gasteiger partial charge >= 0.3 is 13.8 Å². The van der Waals surface area contributed by atoms with E-state index >= 15 is 0 Å². The standard InChI is InChI=1S/C19H17F3N3O6PS2/c20-19(21,22)17-16-13(10-24)14(30-9-8-23)6-7-15(16)33-18(17)34(28,29)25-11-32(26,27)31-12-4-2-1-3-5-12/h1-7,25H,8-9,11,23H2,(H,26,27). The minimum Gasteiger partial charge on any atom is -0.491 e. The van der Waals surface area contributed by atoms with Gasteiger partial charge in [-0.1, -0.05) is 18.2 Å². The van der Waals surface area contributed by atoms with Gasteiger partial charge in [0, 0.05) is 16.6 Å². The van der Waals surface area contributed by atoms with Crippen LogP contribution in [0.15, 0.2) is 46.7 Å². The minimum atomic E-state index is -5.18. The summed E-state index contributed by atoms with van der Waals surface area (Å²) in [5.41, 5.74) is 3.25. The predicted octanol–water partition coefficient (Wildman–Crippen LogP) is 3.63. The van der Waals surface area contributed by atoms with Gasteiger partial charge in [-0.25, -0.2) is 13.0 Å². The van der Waals surface area contributed by atoms with Crippen molar-refractivity contribution in [1.82, 2.24) is 4.72 Å². The van der Waals surface area contributed by atoms with Crippen LogP contribution in [0.25, 0.3) is 10.1 Å². The lowest BCUT2D eigenvalue weighted by atomic mass is 10.1. The minimum absolute atomic E-state index is 0.0333. The van der Waals surface area contributed by atoms with Crippen molar-refractivity contribution in [2.45, 2.75) is 10.4 Å². The Bertz CT molecular complexity index is 1390. The molecule has 1 unspecified atom stereocenters. The van der Waals surface area contributed by atoms with Gasteiger partial charge in [0.15, 0.2) is 0 Å². The number of hydrogen-bond acceptors (Lipinski definition) is 8. The maximum absolute atomic E-state index is 14.0. The third kappa shape index (κ3) is 5.69. The van der Waals surface area contributed by atoms with Crippen LogP contribution in [0.1, 0.15) is 11.1 Å². The zero-order chi connectivity index (χ0) is 25.1. The van der Waals surface area contributed by atoms with Crippen LogP contribution in [0.2, 0.25) is 0 Å². The second-order valence-electron chi connectivity index (χ2n) is 6.67. The highest BCUT2D eigenvalue weighted by molar-refractivity contribution is 7.92. The molecule has 3 aromatic rings. The maximum Gasteiger partial charge on any atom is 0.419 e. The molecule has 0 spiro atoms. The van der Waals surface area contributed by atoms with E-state index in [9.17, 15) is 36.3 Å². The number of nitrogens with zero attached hydrogens (tertiary/aromatic N) is 1. The van der Waals surface area contributed by atoms with Gasteiger partial charge in [0.2, 0.25) is 0 Å². The Hall–Kier alpha value is -2.66. The normalized spacial score (nSPS) is 13.9. The summed E-state index contributed by atoms with van der Waals surface area (Å²) in [6, 6.07) is 11.4. The fourth-order valence-corrected chi connectivity index (χ4v) is 7.22. The molecule has 1 heterocycles. The lowest BCUT2D eigenvalue weighted by Crippen LogP contribution is -2.27. The molecule has 0 aliphatic heterocycles. The van der Waals surface area contributed by atoms with E-state index in [-0.39, 0.29) is 40.7 Å². The Morgan fingerprint density at radius 2 is 1.88 bits per heavy atom. The molecule has 182 valence electrons. The molecule has 15 heteroatoms. The summed E-state index contributed by atoms with van der Waals surface area (Å²) in [5.74, 6) is -0.217. The molecular weight excluding hydrogens is 518 g/mol. The van der Waals surface area contributed by atoms with Crippen LogP contribution >= 0.6 is 18.9 Å². The van der Waals surface area contributed by atoms with Crippen molar-refractivity contribution >= 4 is 39.0 Å². The zero-order valence-corrected chi connectivity index (χ0v) is 19.6. The molecule has 0 amide bonds. The van der Waals surface area contributed by atoms with Gasteiger partial charge in [-0.2, -0.15) is 23.2 Å². The maximum atomic E-state index is 14.0. The fourth-order valence-electron chi connectivity index (χ4n) is 2.91. The number of benzene rings is 2. The molecule has 1 atom stereocenters. The van der Waals surface area contributed by atoms with Crippen LogP contribution in [0.4, 0.5) is 13.2 Å². The lowest BCUT2D eigenvalue weighted by molar-refractivity contribution is -0.138. The van der Waals surface area contributed by atoms with Crippen LogP contribution in [-0.2, 0) is 20.8 Å². The number of para-hydroxylation sites is 1. The Kier molecular flexibility index (Phi) is 7.56.